The van der Waals surface area contributed by atoms with Crippen molar-refractivity contribution in [3.8, 4) is 0 Å². The standard InChI is InChI=1S/C19H26N2/c1-13-6-4-7-16-8-5-11-21(19(13)16)17-9-10-18(15(3)20)14(2)12-17/h4,6-7,17H,3,5,8-12,20H2,1-2H3/t17-/m0/s1. The summed E-state index contributed by atoms with van der Waals surface area (Å²) in [5.74, 6) is 0. The zero-order chi connectivity index (χ0) is 15.0. The fourth-order valence-corrected chi connectivity index (χ4v) is 4.05. The van der Waals surface area contributed by atoms with E-state index in [1.807, 2.05) is 0 Å². The molecular formula is C19H26N2. The number of fused-ring (bicyclic) bond motifs is 1. The molecular weight excluding hydrogens is 256 g/mol. The van der Waals surface area contributed by atoms with Crippen molar-refractivity contribution in [2.75, 3.05) is 11.4 Å². The summed E-state index contributed by atoms with van der Waals surface area (Å²) >= 11 is 0. The predicted octanol–water partition coefficient (Wildman–Crippen LogP) is 4.09. The highest BCUT2D eigenvalue weighted by Gasteiger charge is 2.28. The lowest BCUT2D eigenvalue weighted by Gasteiger charge is -2.41. The van der Waals surface area contributed by atoms with Crippen molar-refractivity contribution in [1.29, 1.82) is 0 Å². The second kappa shape index (κ2) is 5.59. The molecule has 1 atom stereocenters. The van der Waals surface area contributed by atoms with Gasteiger partial charge >= 0.3 is 0 Å². The molecule has 2 N–H and O–H groups in total. The maximum absolute atomic E-state index is 5.92. The largest absolute Gasteiger partial charge is 0.399 e. The third kappa shape index (κ3) is 2.59. The minimum atomic E-state index is 0.619. The molecule has 1 aromatic carbocycles. The van der Waals surface area contributed by atoms with Crippen LogP contribution in [0.5, 0.6) is 0 Å². The van der Waals surface area contributed by atoms with Crippen LogP contribution in [0.2, 0.25) is 0 Å². The molecule has 1 aliphatic carbocycles. The number of para-hydroxylation sites is 1. The molecule has 2 heteroatoms. The summed E-state index contributed by atoms with van der Waals surface area (Å²) in [6.45, 7) is 9.58. The molecule has 0 bridgehead atoms. The molecule has 0 spiro atoms. The molecule has 0 unspecified atom stereocenters. The molecule has 0 amide bonds. The topological polar surface area (TPSA) is 29.3 Å². The van der Waals surface area contributed by atoms with Gasteiger partial charge in [0.25, 0.3) is 0 Å². The molecule has 0 radical (unpaired) electrons. The summed E-state index contributed by atoms with van der Waals surface area (Å²) in [5, 5.41) is 0. The van der Waals surface area contributed by atoms with Crippen LogP contribution in [0.15, 0.2) is 41.6 Å². The summed E-state index contributed by atoms with van der Waals surface area (Å²) in [5.41, 5.74) is 13.9. The Hall–Kier alpha value is -1.70. The number of rotatable bonds is 2. The van der Waals surface area contributed by atoms with Crippen LogP contribution in [0.4, 0.5) is 5.69 Å². The zero-order valence-electron chi connectivity index (χ0n) is 13.3. The van der Waals surface area contributed by atoms with Crippen LogP contribution in [0.1, 0.15) is 43.7 Å². The van der Waals surface area contributed by atoms with Gasteiger partial charge in [-0.25, -0.2) is 0 Å². The van der Waals surface area contributed by atoms with E-state index in [4.69, 9.17) is 5.73 Å². The van der Waals surface area contributed by atoms with Gasteiger partial charge in [-0.05, 0) is 62.7 Å². The summed E-state index contributed by atoms with van der Waals surface area (Å²) in [6.07, 6.45) is 5.88. The van der Waals surface area contributed by atoms with Gasteiger partial charge in [-0.3, -0.25) is 0 Å². The third-order valence-electron chi connectivity index (χ3n) is 5.07. The summed E-state index contributed by atoms with van der Waals surface area (Å²) in [4.78, 5) is 2.66. The van der Waals surface area contributed by atoms with E-state index in [0.717, 1.165) is 18.5 Å². The smallest absolute Gasteiger partial charge is 0.0431 e. The maximum atomic E-state index is 5.92. The van der Waals surface area contributed by atoms with Crippen molar-refractivity contribution < 1.29 is 0 Å². The van der Waals surface area contributed by atoms with Crippen molar-refractivity contribution in [2.24, 2.45) is 5.73 Å². The molecule has 0 aromatic heterocycles. The van der Waals surface area contributed by atoms with Gasteiger partial charge in [0, 0.05) is 24.0 Å². The molecule has 1 heterocycles. The Balaban J connectivity index is 1.90. The lowest BCUT2D eigenvalue weighted by molar-refractivity contribution is 0.500. The van der Waals surface area contributed by atoms with Gasteiger partial charge in [-0.15, -0.1) is 0 Å². The second-order valence-electron chi connectivity index (χ2n) is 6.56. The van der Waals surface area contributed by atoms with E-state index < -0.39 is 0 Å². The van der Waals surface area contributed by atoms with E-state index in [2.05, 4.69) is 43.5 Å². The Labute approximate surface area is 128 Å². The zero-order valence-corrected chi connectivity index (χ0v) is 13.3. The monoisotopic (exact) mass is 282 g/mol. The molecule has 112 valence electrons. The van der Waals surface area contributed by atoms with E-state index in [-0.39, 0.29) is 0 Å². The van der Waals surface area contributed by atoms with Gasteiger partial charge in [0.1, 0.15) is 0 Å². The number of nitrogens with two attached hydrogens (primary N) is 1. The van der Waals surface area contributed by atoms with Crippen molar-refractivity contribution in [3.63, 3.8) is 0 Å². The minimum absolute atomic E-state index is 0.619. The summed E-state index contributed by atoms with van der Waals surface area (Å²) in [6, 6.07) is 7.36. The second-order valence-corrected chi connectivity index (χ2v) is 6.56. The van der Waals surface area contributed by atoms with Crippen molar-refractivity contribution in [1.82, 2.24) is 0 Å². The van der Waals surface area contributed by atoms with Crippen LogP contribution in [0, 0.1) is 6.92 Å². The van der Waals surface area contributed by atoms with Gasteiger partial charge in [0.05, 0.1) is 0 Å². The van der Waals surface area contributed by atoms with Crippen molar-refractivity contribution in [2.45, 2.75) is 52.0 Å². The van der Waals surface area contributed by atoms with Gasteiger partial charge in [-0.2, -0.15) is 0 Å². The first-order valence-electron chi connectivity index (χ1n) is 8.06. The quantitative estimate of drug-likeness (QED) is 0.885. The van der Waals surface area contributed by atoms with Crippen LogP contribution < -0.4 is 10.6 Å². The highest BCUT2D eigenvalue weighted by molar-refractivity contribution is 5.62. The summed E-state index contributed by atoms with van der Waals surface area (Å²) in [7, 11) is 0. The van der Waals surface area contributed by atoms with E-state index in [1.165, 1.54) is 53.8 Å². The number of anilines is 1. The Kier molecular flexibility index (Phi) is 3.79. The number of aryl methyl sites for hydroxylation is 2. The maximum Gasteiger partial charge on any atom is 0.0431 e. The van der Waals surface area contributed by atoms with Crippen LogP contribution in [0.25, 0.3) is 0 Å². The average Bonchev–Trinajstić information content (AvgIpc) is 2.46. The van der Waals surface area contributed by atoms with E-state index in [9.17, 15) is 0 Å². The third-order valence-corrected chi connectivity index (χ3v) is 5.07. The number of nitrogens with zero attached hydrogens (tertiary/aromatic N) is 1. The Morgan fingerprint density at radius 3 is 2.81 bits per heavy atom. The normalized spacial score (nSPS) is 22.2. The fraction of sp³-hybridized carbons (Fsp3) is 0.474. The van der Waals surface area contributed by atoms with Gasteiger partial charge in [0.15, 0.2) is 0 Å². The first kappa shape index (κ1) is 14.2. The van der Waals surface area contributed by atoms with E-state index >= 15 is 0 Å². The van der Waals surface area contributed by atoms with Gasteiger partial charge in [0.2, 0.25) is 0 Å². The lowest BCUT2D eigenvalue weighted by atomic mass is 9.85. The van der Waals surface area contributed by atoms with E-state index in [0.29, 0.717) is 6.04 Å². The lowest BCUT2D eigenvalue weighted by Crippen LogP contribution is -2.41. The Bertz CT molecular complexity index is 598. The number of allylic oxidation sites excluding steroid dienone is 1. The molecule has 21 heavy (non-hydrogen) atoms. The predicted molar refractivity (Wildman–Crippen MR) is 90.5 cm³/mol. The summed E-state index contributed by atoms with van der Waals surface area (Å²) < 4.78 is 0. The van der Waals surface area contributed by atoms with Crippen molar-refractivity contribution >= 4 is 5.69 Å². The average molecular weight is 282 g/mol. The molecule has 0 fully saturated rings. The van der Waals surface area contributed by atoms with Crippen LogP contribution in [-0.4, -0.2) is 12.6 Å². The van der Waals surface area contributed by atoms with Gasteiger partial charge < -0.3 is 10.6 Å². The van der Waals surface area contributed by atoms with Crippen LogP contribution in [-0.2, 0) is 6.42 Å². The Morgan fingerprint density at radius 1 is 1.29 bits per heavy atom. The molecule has 1 aliphatic heterocycles. The minimum Gasteiger partial charge on any atom is -0.399 e. The van der Waals surface area contributed by atoms with Crippen molar-refractivity contribution in [3.05, 3.63) is 52.7 Å². The van der Waals surface area contributed by atoms with Gasteiger partial charge in [-0.1, -0.05) is 30.4 Å². The number of hydrogen-bond donors (Lipinski definition) is 1. The molecule has 0 saturated carbocycles. The first-order chi connectivity index (χ1) is 10.1. The molecule has 0 saturated heterocycles. The fourth-order valence-electron chi connectivity index (χ4n) is 4.05. The molecule has 1 aromatic rings. The molecule has 2 aliphatic rings. The molecule has 3 rings (SSSR count). The number of benzene rings is 1. The highest BCUT2D eigenvalue weighted by Crippen LogP contribution is 2.37. The number of hydrogen-bond acceptors (Lipinski definition) is 2. The van der Waals surface area contributed by atoms with E-state index in [1.54, 1.807) is 0 Å². The van der Waals surface area contributed by atoms with Crippen LogP contribution >= 0.6 is 0 Å². The molecule has 2 nitrogen and oxygen atoms in total. The highest BCUT2D eigenvalue weighted by atomic mass is 15.2. The van der Waals surface area contributed by atoms with Crippen LogP contribution in [0.3, 0.4) is 0 Å². The Morgan fingerprint density at radius 2 is 2.10 bits per heavy atom. The SMILES string of the molecule is C=C(N)C1=C(C)C[C@@H](N2CCCc3cccc(C)c32)CC1. The first-order valence-corrected chi connectivity index (χ1v) is 8.06.